The lowest BCUT2D eigenvalue weighted by atomic mass is 9.97. The number of nitrogens with zero attached hydrogens (tertiary/aromatic N) is 1. The molecule has 0 spiro atoms. The van der Waals surface area contributed by atoms with Gasteiger partial charge in [0.25, 0.3) is 0 Å². The second kappa shape index (κ2) is 4.15. The van der Waals surface area contributed by atoms with Crippen LogP contribution >= 0.6 is 23.2 Å². The molecule has 1 aliphatic heterocycles. The Morgan fingerprint density at radius 3 is 2.69 bits per heavy atom. The number of aromatic hydroxyl groups is 1. The van der Waals surface area contributed by atoms with E-state index in [-0.39, 0.29) is 17.6 Å². The van der Waals surface area contributed by atoms with E-state index in [1.54, 1.807) is 18.0 Å². The summed E-state index contributed by atoms with van der Waals surface area (Å²) in [7, 11) is 1.73. The molecule has 0 radical (unpaired) electrons. The molecule has 1 unspecified atom stereocenters. The summed E-state index contributed by atoms with van der Waals surface area (Å²) in [5.41, 5.74) is 0.576. The fourth-order valence-corrected chi connectivity index (χ4v) is 2.48. The van der Waals surface area contributed by atoms with Crippen molar-refractivity contribution in [2.45, 2.75) is 12.3 Å². The molecule has 0 aromatic heterocycles. The fourth-order valence-electron chi connectivity index (χ4n) is 2.00. The Labute approximate surface area is 104 Å². The second-order valence-electron chi connectivity index (χ2n) is 3.97. The molecular weight excluding hydrogens is 249 g/mol. The van der Waals surface area contributed by atoms with Crippen molar-refractivity contribution < 1.29 is 9.90 Å². The minimum atomic E-state index is -0.0799. The van der Waals surface area contributed by atoms with E-state index < -0.39 is 0 Å². The van der Waals surface area contributed by atoms with Crippen molar-refractivity contribution in [2.24, 2.45) is 0 Å². The zero-order valence-electron chi connectivity index (χ0n) is 8.70. The number of carbonyl (C=O) groups excluding carboxylic acids is 1. The lowest BCUT2D eigenvalue weighted by Gasteiger charge is -2.14. The summed E-state index contributed by atoms with van der Waals surface area (Å²) in [5.74, 6) is 0.0756. The van der Waals surface area contributed by atoms with E-state index in [0.717, 1.165) is 0 Å². The number of likely N-dealkylation sites (tertiary alicyclic amines) is 1. The van der Waals surface area contributed by atoms with Gasteiger partial charge in [-0.15, -0.1) is 0 Å². The maximum atomic E-state index is 11.4. The van der Waals surface area contributed by atoms with Gasteiger partial charge in [0.2, 0.25) is 5.91 Å². The van der Waals surface area contributed by atoms with E-state index in [0.29, 0.717) is 28.6 Å². The Kier molecular flexibility index (Phi) is 3.00. The van der Waals surface area contributed by atoms with E-state index in [1.807, 2.05) is 0 Å². The maximum Gasteiger partial charge on any atom is 0.223 e. The highest BCUT2D eigenvalue weighted by molar-refractivity contribution is 6.42. The molecule has 0 saturated carbocycles. The number of phenols is 1. The molecule has 1 aromatic rings. The summed E-state index contributed by atoms with van der Waals surface area (Å²) in [6.45, 7) is 0.562. The Morgan fingerprint density at radius 1 is 1.44 bits per heavy atom. The first-order valence-corrected chi connectivity index (χ1v) is 5.67. The highest BCUT2D eigenvalue weighted by atomic mass is 35.5. The molecule has 1 heterocycles. The molecule has 3 nitrogen and oxygen atoms in total. The van der Waals surface area contributed by atoms with Crippen LogP contribution in [0.1, 0.15) is 17.9 Å². The van der Waals surface area contributed by atoms with E-state index >= 15 is 0 Å². The predicted molar refractivity (Wildman–Crippen MR) is 63.1 cm³/mol. The highest BCUT2D eigenvalue weighted by Gasteiger charge is 2.31. The molecule has 1 amide bonds. The quantitative estimate of drug-likeness (QED) is 0.843. The number of amides is 1. The number of rotatable bonds is 1. The van der Waals surface area contributed by atoms with Gasteiger partial charge in [-0.2, -0.15) is 0 Å². The number of hydrogen-bond donors (Lipinski definition) is 1. The van der Waals surface area contributed by atoms with Gasteiger partial charge in [0.05, 0.1) is 10.0 Å². The number of phenolic OH excluding ortho intramolecular Hbond substituents is 1. The molecule has 86 valence electrons. The van der Waals surface area contributed by atoms with Crippen molar-refractivity contribution in [2.75, 3.05) is 13.6 Å². The molecule has 1 atom stereocenters. The van der Waals surface area contributed by atoms with Crippen molar-refractivity contribution in [1.82, 2.24) is 4.90 Å². The number of hydrogen-bond acceptors (Lipinski definition) is 2. The van der Waals surface area contributed by atoms with Crippen molar-refractivity contribution >= 4 is 29.1 Å². The summed E-state index contributed by atoms with van der Waals surface area (Å²) >= 11 is 11.9. The van der Waals surface area contributed by atoms with Crippen LogP contribution in [0.4, 0.5) is 0 Å². The summed E-state index contributed by atoms with van der Waals surface area (Å²) in [6.07, 6.45) is 0.365. The summed E-state index contributed by atoms with van der Waals surface area (Å²) < 4.78 is 0. The van der Waals surface area contributed by atoms with E-state index in [2.05, 4.69) is 0 Å². The topological polar surface area (TPSA) is 40.5 Å². The SMILES string of the molecule is CN1CC(c2c(O)ccc(Cl)c2Cl)CC1=O. The minimum Gasteiger partial charge on any atom is -0.508 e. The average Bonchev–Trinajstić information content (AvgIpc) is 2.54. The lowest BCUT2D eigenvalue weighted by Crippen LogP contribution is -2.18. The van der Waals surface area contributed by atoms with Gasteiger partial charge < -0.3 is 10.0 Å². The number of likely N-dealkylation sites (N-methyl/N-ethyl adjacent to an activating group) is 1. The molecule has 1 aliphatic rings. The molecule has 1 N–H and O–H groups in total. The van der Waals surface area contributed by atoms with E-state index in [4.69, 9.17) is 23.2 Å². The molecular formula is C11H11Cl2NO2. The summed E-state index contributed by atoms with van der Waals surface area (Å²) in [6, 6.07) is 3.05. The maximum absolute atomic E-state index is 11.4. The molecule has 5 heteroatoms. The van der Waals surface area contributed by atoms with Crippen LogP contribution in [0.25, 0.3) is 0 Å². The first kappa shape index (κ1) is 11.6. The largest absolute Gasteiger partial charge is 0.508 e. The van der Waals surface area contributed by atoms with Crippen LogP contribution in [-0.2, 0) is 4.79 Å². The van der Waals surface area contributed by atoms with Gasteiger partial charge in [-0.3, -0.25) is 4.79 Å². The normalized spacial score (nSPS) is 20.6. The first-order valence-electron chi connectivity index (χ1n) is 4.91. The van der Waals surface area contributed by atoms with Gasteiger partial charge in [0, 0.05) is 31.5 Å². The Morgan fingerprint density at radius 2 is 2.12 bits per heavy atom. The van der Waals surface area contributed by atoms with Crippen LogP contribution in [0.2, 0.25) is 10.0 Å². The zero-order chi connectivity index (χ0) is 11.9. The Hall–Kier alpha value is -0.930. The molecule has 2 rings (SSSR count). The Balaban J connectivity index is 2.41. The van der Waals surface area contributed by atoms with Crippen LogP contribution in [0, 0.1) is 0 Å². The van der Waals surface area contributed by atoms with Gasteiger partial charge in [-0.05, 0) is 12.1 Å². The first-order chi connectivity index (χ1) is 7.50. The third kappa shape index (κ3) is 1.85. The van der Waals surface area contributed by atoms with E-state index in [1.165, 1.54) is 6.07 Å². The van der Waals surface area contributed by atoms with Crippen LogP contribution < -0.4 is 0 Å². The van der Waals surface area contributed by atoms with Gasteiger partial charge >= 0.3 is 0 Å². The fraction of sp³-hybridized carbons (Fsp3) is 0.364. The van der Waals surface area contributed by atoms with Crippen LogP contribution in [0.3, 0.4) is 0 Å². The standard InChI is InChI=1S/C11H11Cl2NO2/c1-14-5-6(4-9(14)16)10-8(15)3-2-7(12)11(10)13/h2-3,6,15H,4-5H2,1H3. The minimum absolute atomic E-state index is 0.0560. The van der Waals surface area contributed by atoms with Crippen LogP contribution in [-0.4, -0.2) is 29.5 Å². The zero-order valence-corrected chi connectivity index (χ0v) is 10.2. The molecule has 1 fully saturated rings. The molecule has 16 heavy (non-hydrogen) atoms. The van der Waals surface area contributed by atoms with Gasteiger partial charge in [0.15, 0.2) is 0 Å². The highest BCUT2D eigenvalue weighted by Crippen LogP contribution is 2.41. The van der Waals surface area contributed by atoms with Crippen molar-refractivity contribution in [3.8, 4) is 5.75 Å². The Bertz CT molecular complexity index is 448. The third-order valence-corrected chi connectivity index (χ3v) is 3.68. The van der Waals surface area contributed by atoms with Crippen molar-refractivity contribution in [3.63, 3.8) is 0 Å². The van der Waals surface area contributed by atoms with Crippen LogP contribution in [0.5, 0.6) is 5.75 Å². The van der Waals surface area contributed by atoms with Crippen molar-refractivity contribution in [1.29, 1.82) is 0 Å². The molecule has 1 saturated heterocycles. The van der Waals surface area contributed by atoms with E-state index in [9.17, 15) is 9.90 Å². The van der Waals surface area contributed by atoms with Gasteiger partial charge in [-0.1, -0.05) is 23.2 Å². The monoisotopic (exact) mass is 259 g/mol. The third-order valence-electron chi connectivity index (χ3n) is 2.86. The summed E-state index contributed by atoms with van der Waals surface area (Å²) in [5, 5.41) is 10.5. The lowest BCUT2D eigenvalue weighted by molar-refractivity contribution is -0.126. The smallest absolute Gasteiger partial charge is 0.223 e. The predicted octanol–water partition coefficient (Wildman–Crippen LogP) is 2.64. The number of carbonyl (C=O) groups is 1. The molecule has 1 aromatic carbocycles. The van der Waals surface area contributed by atoms with Gasteiger partial charge in [-0.25, -0.2) is 0 Å². The summed E-state index contributed by atoms with van der Waals surface area (Å²) in [4.78, 5) is 13.1. The average molecular weight is 260 g/mol. The number of benzene rings is 1. The van der Waals surface area contributed by atoms with Crippen LogP contribution in [0.15, 0.2) is 12.1 Å². The molecule has 0 aliphatic carbocycles. The van der Waals surface area contributed by atoms with Gasteiger partial charge in [0.1, 0.15) is 5.75 Å². The second-order valence-corrected chi connectivity index (χ2v) is 4.75. The van der Waals surface area contributed by atoms with Crippen molar-refractivity contribution in [3.05, 3.63) is 27.7 Å². The number of halogens is 2. The molecule has 0 bridgehead atoms.